The van der Waals surface area contributed by atoms with Gasteiger partial charge in [-0.2, -0.15) is 0 Å². The van der Waals surface area contributed by atoms with Gasteiger partial charge in [-0.05, 0) is 25.7 Å². The topological polar surface area (TPSA) is 75.2 Å². The lowest BCUT2D eigenvalue weighted by Crippen LogP contribution is -2.47. The number of rotatable bonds is 3. The largest absolute Gasteiger partial charge is 0.353 e. The Morgan fingerprint density at radius 3 is 2.45 bits per heavy atom. The summed E-state index contributed by atoms with van der Waals surface area (Å²) in [6.45, 7) is 1.32. The van der Waals surface area contributed by atoms with Crippen molar-refractivity contribution in [2.24, 2.45) is 5.92 Å². The number of hydrogen-bond acceptors (Lipinski definition) is 4. The highest BCUT2D eigenvalue weighted by molar-refractivity contribution is 5.92. The number of nitrogens with zero attached hydrogens (tertiary/aromatic N) is 3. The Kier molecular flexibility index (Phi) is 4.65. The first-order valence-corrected chi connectivity index (χ1v) is 8.09. The third kappa shape index (κ3) is 3.43. The minimum absolute atomic E-state index is 0.0753. The maximum Gasteiger partial charge on any atom is 0.274 e. The quantitative estimate of drug-likeness (QED) is 0.915. The third-order valence-corrected chi connectivity index (χ3v) is 4.64. The first-order valence-electron chi connectivity index (χ1n) is 8.09. The molecule has 0 unspecified atom stereocenters. The van der Waals surface area contributed by atoms with Crippen molar-refractivity contribution in [2.45, 2.75) is 44.6 Å². The molecule has 1 saturated carbocycles. The van der Waals surface area contributed by atoms with Gasteiger partial charge in [0.25, 0.3) is 5.91 Å². The van der Waals surface area contributed by atoms with E-state index in [1.54, 1.807) is 11.1 Å². The molecular formula is C16H22N4O2. The van der Waals surface area contributed by atoms with Crippen LogP contribution in [0.4, 0.5) is 0 Å². The summed E-state index contributed by atoms with van der Waals surface area (Å²) in [5.41, 5.74) is 0.385. The van der Waals surface area contributed by atoms with E-state index in [9.17, 15) is 9.59 Å². The summed E-state index contributed by atoms with van der Waals surface area (Å²) < 4.78 is 0. The summed E-state index contributed by atoms with van der Waals surface area (Å²) in [7, 11) is 0. The minimum atomic E-state index is -0.0753. The average molecular weight is 302 g/mol. The zero-order valence-electron chi connectivity index (χ0n) is 12.7. The van der Waals surface area contributed by atoms with Gasteiger partial charge in [-0.1, -0.05) is 12.8 Å². The van der Waals surface area contributed by atoms with Crippen LogP contribution < -0.4 is 5.32 Å². The first-order chi connectivity index (χ1) is 10.7. The maximum atomic E-state index is 12.3. The van der Waals surface area contributed by atoms with Crippen LogP contribution in [0.25, 0.3) is 0 Å². The van der Waals surface area contributed by atoms with Crippen LogP contribution in [0.2, 0.25) is 0 Å². The number of hydrogen-bond donors (Lipinski definition) is 1. The van der Waals surface area contributed by atoms with Crippen LogP contribution in [0.3, 0.4) is 0 Å². The summed E-state index contributed by atoms with van der Waals surface area (Å²) in [6.07, 6.45) is 10.6. The molecule has 0 atom stereocenters. The fourth-order valence-corrected chi connectivity index (χ4v) is 3.31. The molecule has 0 bridgehead atoms. The third-order valence-electron chi connectivity index (χ3n) is 4.64. The number of carbonyl (C=O) groups is 2. The Balaban J connectivity index is 1.48. The molecular weight excluding hydrogens is 280 g/mol. The molecule has 2 fully saturated rings. The van der Waals surface area contributed by atoms with Crippen LogP contribution in [-0.2, 0) is 4.79 Å². The predicted molar refractivity (Wildman–Crippen MR) is 81.1 cm³/mol. The fraction of sp³-hybridized carbons (Fsp3) is 0.625. The van der Waals surface area contributed by atoms with Crippen LogP contribution >= 0.6 is 0 Å². The fourth-order valence-electron chi connectivity index (χ4n) is 3.31. The molecule has 1 aromatic rings. The van der Waals surface area contributed by atoms with Gasteiger partial charge in [0.2, 0.25) is 5.91 Å². The Labute approximate surface area is 130 Å². The molecule has 0 spiro atoms. The molecule has 6 heteroatoms. The molecule has 6 nitrogen and oxygen atoms in total. The second kappa shape index (κ2) is 6.85. The van der Waals surface area contributed by atoms with Crippen molar-refractivity contribution >= 4 is 11.8 Å². The highest BCUT2D eigenvalue weighted by Gasteiger charge is 2.28. The Bertz CT molecular complexity index is 520. The lowest BCUT2D eigenvalue weighted by Gasteiger charge is -2.32. The highest BCUT2D eigenvalue weighted by Crippen LogP contribution is 2.25. The Morgan fingerprint density at radius 2 is 1.82 bits per heavy atom. The molecule has 1 aliphatic heterocycles. The molecule has 2 aliphatic rings. The van der Waals surface area contributed by atoms with Gasteiger partial charge in [0, 0.05) is 37.4 Å². The Morgan fingerprint density at radius 1 is 1.09 bits per heavy atom. The lowest BCUT2D eigenvalue weighted by molar-refractivity contribution is -0.125. The van der Waals surface area contributed by atoms with E-state index < -0.39 is 0 Å². The smallest absolute Gasteiger partial charge is 0.274 e. The number of amides is 2. The van der Waals surface area contributed by atoms with Gasteiger partial charge in [0.15, 0.2) is 0 Å². The van der Waals surface area contributed by atoms with Gasteiger partial charge >= 0.3 is 0 Å². The Hall–Kier alpha value is -1.98. The van der Waals surface area contributed by atoms with Crippen molar-refractivity contribution in [3.8, 4) is 0 Å². The van der Waals surface area contributed by atoms with Gasteiger partial charge in [0.1, 0.15) is 5.69 Å². The van der Waals surface area contributed by atoms with Crippen LogP contribution in [0, 0.1) is 5.92 Å². The normalized spacial score (nSPS) is 20.1. The second-order valence-corrected chi connectivity index (χ2v) is 6.15. The van der Waals surface area contributed by atoms with E-state index in [0.717, 1.165) is 25.7 Å². The lowest BCUT2D eigenvalue weighted by atomic mass is 10.0. The van der Waals surface area contributed by atoms with Crippen molar-refractivity contribution in [1.82, 2.24) is 20.2 Å². The first kappa shape index (κ1) is 14.9. The molecule has 1 aromatic heterocycles. The summed E-state index contributed by atoms with van der Waals surface area (Å²) in [5, 5.41) is 3.16. The molecule has 22 heavy (non-hydrogen) atoms. The minimum Gasteiger partial charge on any atom is -0.353 e. The number of carbonyl (C=O) groups excluding carboxylic acids is 2. The maximum absolute atomic E-state index is 12.3. The monoisotopic (exact) mass is 302 g/mol. The van der Waals surface area contributed by atoms with Crippen LogP contribution in [0.1, 0.15) is 49.0 Å². The summed E-state index contributed by atoms with van der Waals surface area (Å²) >= 11 is 0. The molecule has 2 heterocycles. The van der Waals surface area contributed by atoms with Crippen LogP contribution in [0.5, 0.6) is 0 Å². The van der Waals surface area contributed by atoms with Gasteiger partial charge < -0.3 is 10.2 Å². The van der Waals surface area contributed by atoms with E-state index in [-0.39, 0.29) is 23.8 Å². The molecule has 1 N–H and O–H groups in total. The summed E-state index contributed by atoms with van der Waals surface area (Å²) in [4.78, 5) is 34.2. The molecule has 0 aromatic carbocycles. The zero-order valence-corrected chi connectivity index (χ0v) is 12.7. The molecule has 2 amide bonds. The number of nitrogens with one attached hydrogen (secondary N) is 1. The summed E-state index contributed by atoms with van der Waals surface area (Å²) in [6, 6.07) is 0.194. The van der Waals surface area contributed by atoms with Crippen LogP contribution in [0.15, 0.2) is 18.6 Å². The molecule has 118 valence electrons. The van der Waals surface area contributed by atoms with Crippen molar-refractivity contribution in [3.63, 3.8) is 0 Å². The average Bonchev–Trinajstić information content (AvgIpc) is 3.10. The van der Waals surface area contributed by atoms with Crippen molar-refractivity contribution in [3.05, 3.63) is 24.3 Å². The highest BCUT2D eigenvalue weighted by atomic mass is 16.2. The standard InChI is InChI=1S/C16H22N4O2/c21-15(12-3-1-2-4-12)19-13-5-9-20(10-6-13)16(22)14-11-17-7-8-18-14/h7-8,11-13H,1-6,9-10H2,(H,19,21). The molecule has 1 saturated heterocycles. The van der Waals surface area contributed by atoms with E-state index in [1.165, 1.54) is 25.2 Å². The molecule has 0 radical (unpaired) electrons. The van der Waals surface area contributed by atoms with Gasteiger partial charge in [-0.25, -0.2) is 4.98 Å². The van der Waals surface area contributed by atoms with E-state index in [0.29, 0.717) is 18.8 Å². The van der Waals surface area contributed by atoms with Crippen molar-refractivity contribution < 1.29 is 9.59 Å². The number of likely N-dealkylation sites (tertiary alicyclic amines) is 1. The van der Waals surface area contributed by atoms with Gasteiger partial charge in [-0.3, -0.25) is 14.6 Å². The predicted octanol–water partition coefficient (Wildman–Crippen LogP) is 1.39. The number of piperidine rings is 1. The molecule has 3 rings (SSSR count). The van der Waals surface area contributed by atoms with E-state index in [1.807, 2.05) is 0 Å². The van der Waals surface area contributed by atoms with Crippen LogP contribution in [-0.4, -0.2) is 45.8 Å². The second-order valence-electron chi connectivity index (χ2n) is 6.15. The van der Waals surface area contributed by atoms with Crippen molar-refractivity contribution in [2.75, 3.05) is 13.1 Å². The van der Waals surface area contributed by atoms with Gasteiger partial charge in [-0.15, -0.1) is 0 Å². The summed E-state index contributed by atoms with van der Waals surface area (Å²) in [5.74, 6) is 0.337. The van der Waals surface area contributed by atoms with E-state index in [4.69, 9.17) is 0 Å². The SMILES string of the molecule is O=C(NC1CCN(C(=O)c2cnccn2)CC1)C1CCCC1. The number of aromatic nitrogens is 2. The van der Waals surface area contributed by atoms with Gasteiger partial charge in [0.05, 0.1) is 6.20 Å². The zero-order chi connectivity index (χ0) is 15.4. The van der Waals surface area contributed by atoms with E-state index >= 15 is 0 Å². The van der Waals surface area contributed by atoms with Crippen molar-refractivity contribution in [1.29, 1.82) is 0 Å². The van der Waals surface area contributed by atoms with E-state index in [2.05, 4.69) is 15.3 Å². The molecule has 1 aliphatic carbocycles.